The number of benzene rings is 1. The molecule has 0 unspecified atom stereocenters. The Kier molecular flexibility index (Phi) is 5.71. The van der Waals surface area contributed by atoms with Crippen LogP contribution >= 0.6 is 47.8 Å². The van der Waals surface area contributed by atoms with E-state index in [1.54, 1.807) is 0 Å². The van der Waals surface area contributed by atoms with E-state index in [2.05, 4.69) is 63.8 Å². The molecule has 0 aliphatic carbocycles. The summed E-state index contributed by atoms with van der Waals surface area (Å²) in [5, 5.41) is 4.62. The van der Waals surface area contributed by atoms with Gasteiger partial charge in [0.25, 0.3) is 5.82 Å². The van der Waals surface area contributed by atoms with Crippen LogP contribution in [0.1, 0.15) is 12.2 Å². The number of hydrogen-bond acceptors (Lipinski definition) is 1. The highest BCUT2D eigenvalue weighted by molar-refractivity contribution is 9.11. The lowest BCUT2D eigenvalue weighted by Gasteiger charge is -2.02. The SMILES string of the molecule is Brc1cc(Br)c(-n2c[n+]3c(n2)CCC3)c(Br)c1.F[B-](F)(F)F. The number of fused-ring (bicyclic) bond motifs is 1. The Morgan fingerprint density at radius 3 is 2.14 bits per heavy atom. The van der Waals surface area contributed by atoms with Crippen LogP contribution in [0.3, 0.4) is 0 Å². The first-order valence-corrected chi connectivity index (χ1v) is 8.53. The van der Waals surface area contributed by atoms with Gasteiger partial charge in [-0.25, -0.2) is 4.57 Å². The van der Waals surface area contributed by atoms with Crippen molar-refractivity contribution in [3.8, 4) is 5.69 Å². The minimum atomic E-state index is -6.00. The van der Waals surface area contributed by atoms with Crippen molar-refractivity contribution in [3.05, 3.63) is 37.7 Å². The molecule has 0 fully saturated rings. The molecule has 11 heteroatoms. The molecule has 1 aliphatic heterocycles. The normalized spacial score (nSPS) is 13.6. The molecule has 2 heterocycles. The molecule has 0 N–H and O–H groups in total. The van der Waals surface area contributed by atoms with Crippen LogP contribution in [0, 0.1) is 0 Å². The summed E-state index contributed by atoms with van der Waals surface area (Å²) in [6.45, 7) is 1.07. The molecule has 0 atom stereocenters. The minimum Gasteiger partial charge on any atom is -0.418 e. The van der Waals surface area contributed by atoms with Crippen molar-refractivity contribution in [1.82, 2.24) is 9.78 Å². The van der Waals surface area contributed by atoms with Crippen molar-refractivity contribution in [2.75, 3.05) is 0 Å². The summed E-state index contributed by atoms with van der Waals surface area (Å²) in [6, 6.07) is 4.05. The summed E-state index contributed by atoms with van der Waals surface area (Å²) in [6.07, 6.45) is 4.33. The van der Waals surface area contributed by atoms with Crippen LogP contribution in [0.4, 0.5) is 17.3 Å². The van der Waals surface area contributed by atoms with Crippen molar-refractivity contribution in [1.29, 1.82) is 0 Å². The van der Waals surface area contributed by atoms with Crippen molar-refractivity contribution in [2.45, 2.75) is 19.4 Å². The van der Waals surface area contributed by atoms with Gasteiger partial charge in [0.1, 0.15) is 0 Å². The van der Waals surface area contributed by atoms with Crippen molar-refractivity contribution in [2.24, 2.45) is 0 Å². The predicted octanol–water partition coefficient (Wildman–Crippen LogP) is 4.69. The van der Waals surface area contributed by atoms with E-state index in [9.17, 15) is 17.3 Å². The van der Waals surface area contributed by atoms with Gasteiger partial charge >= 0.3 is 7.25 Å². The zero-order valence-corrected chi connectivity index (χ0v) is 15.7. The van der Waals surface area contributed by atoms with Gasteiger partial charge in [-0.3, -0.25) is 0 Å². The number of halogens is 7. The largest absolute Gasteiger partial charge is 0.673 e. The van der Waals surface area contributed by atoms with Crippen molar-refractivity contribution >= 4 is 55.0 Å². The molecule has 2 aromatic rings. The number of rotatable bonds is 1. The van der Waals surface area contributed by atoms with Gasteiger partial charge in [0.05, 0.1) is 15.5 Å². The average molecular weight is 510 g/mol. The monoisotopic (exact) mass is 507 g/mol. The predicted molar refractivity (Wildman–Crippen MR) is 85.4 cm³/mol. The molecule has 1 aromatic carbocycles. The van der Waals surface area contributed by atoms with Gasteiger partial charge in [-0.15, -0.1) is 0 Å². The third-order valence-electron chi connectivity index (χ3n) is 2.81. The topological polar surface area (TPSA) is 21.7 Å². The Bertz CT molecular complexity index is 639. The third-order valence-corrected chi connectivity index (χ3v) is 4.48. The Morgan fingerprint density at radius 1 is 1.09 bits per heavy atom. The second-order valence-corrected chi connectivity index (χ2v) is 7.11. The summed E-state index contributed by atoms with van der Waals surface area (Å²) in [4.78, 5) is 0. The molecule has 0 spiro atoms. The van der Waals surface area contributed by atoms with E-state index in [0.717, 1.165) is 37.9 Å². The van der Waals surface area contributed by atoms with Crippen molar-refractivity contribution in [3.63, 3.8) is 0 Å². The van der Waals surface area contributed by atoms with Gasteiger partial charge in [-0.1, -0.05) is 20.6 Å². The zero-order chi connectivity index (χ0) is 16.5. The quantitative estimate of drug-likeness (QED) is 0.310. The fourth-order valence-electron chi connectivity index (χ4n) is 2.06. The molecule has 120 valence electrons. The van der Waals surface area contributed by atoms with E-state index in [4.69, 9.17) is 0 Å². The highest BCUT2D eigenvalue weighted by atomic mass is 79.9. The average Bonchev–Trinajstić information content (AvgIpc) is 2.85. The van der Waals surface area contributed by atoms with Gasteiger partial charge in [-0.2, -0.15) is 0 Å². The minimum absolute atomic E-state index is 1.01. The molecule has 0 radical (unpaired) electrons. The maximum atomic E-state index is 9.75. The maximum absolute atomic E-state index is 9.75. The van der Waals surface area contributed by atoms with E-state index in [-0.39, 0.29) is 0 Å². The van der Waals surface area contributed by atoms with Crippen LogP contribution in [0.15, 0.2) is 31.9 Å². The fourth-order valence-corrected chi connectivity index (χ4v) is 4.68. The van der Waals surface area contributed by atoms with Crippen LogP contribution in [0.5, 0.6) is 0 Å². The number of aromatic nitrogens is 3. The maximum Gasteiger partial charge on any atom is 0.673 e. The van der Waals surface area contributed by atoms with Gasteiger partial charge in [0, 0.05) is 16.0 Å². The molecule has 3 nitrogen and oxygen atoms in total. The molecule has 0 amide bonds. The van der Waals surface area contributed by atoms with E-state index in [1.807, 2.05) is 16.8 Å². The standard InChI is InChI=1S/C11H9Br3N3.BF4/c12-7-4-8(13)11(9(14)5-7)17-6-16-3-1-2-10(16)15-17;2-1(3,4)5/h4-6H,1-3H2;/q+1;-1. The lowest BCUT2D eigenvalue weighted by atomic mass is 10.3. The van der Waals surface area contributed by atoms with E-state index < -0.39 is 7.25 Å². The summed E-state index contributed by atoms with van der Waals surface area (Å²) in [7, 11) is -6.00. The molecule has 3 rings (SSSR count). The van der Waals surface area contributed by atoms with Crippen LogP contribution in [-0.4, -0.2) is 17.0 Å². The Morgan fingerprint density at radius 2 is 1.64 bits per heavy atom. The molecule has 1 aliphatic rings. The van der Waals surface area contributed by atoms with Gasteiger partial charge < -0.3 is 17.3 Å². The molecule has 22 heavy (non-hydrogen) atoms. The number of nitrogens with zero attached hydrogens (tertiary/aromatic N) is 3. The van der Waals surface area contributed by atoms with Gasteiger partial charge in [0.2, 0.25) is 6.33 Å². The van der Waals surface area contributed by atoms with Crippen LogP contribution in [-0.2, 0) is 13.0 Å². The summed E-state index contributed by atoms with van der Waals surface area (Å²) in [5.74, 6) is 1.16. The van der Waals surface area contributed by atoms with Gasteiger partial charge in [-0.05, 0) is 50.4 Å². The first kappa shape index (κ1) is 17.9. The van der Waals surface area contributed by atoms with E-state index in [1.165, 1.54) is 6.42 Å². The second-order valence-electron chi connectivity index (χ2n) is 4.49. The molecule has 0 saturated carbocycles. The molecule has 0 saturated heterocycles. The van der Waals surface area contributed by atoms with E-state index in [0.29, 0.717) is 0 Å². The van der Waals surface area contributed by atoms with Crippen LogP contribution in [0.25, 0.3) is 5.69 Å². The molecular weight excluding hydrogens is 501 g/mol. The third kappa shape index (κ3) is 4.79. The lowest BCUT2D eigenvalue weighted by Crippen LogP contribution is -2.29. The van der Waals surface area contributed by atoms with Crippen LogP contribution < -0.4 is 4.57 Å². The molecule has 1 aromatic heterocycles. The Labute approximate surface area is 149 Å². The summed E-state index contributed by atoms with van der Waals surface area (Å²) in [5.41, 5.74) is 1.04. The van der Waals surface area contributed by atoms with E-state index >= 15 is 0 Å². The van der Waals surface area contributed by atoms with Crippen molar-refractivity contribution < 1.29 is 21.8 Å². The molecular formula is C11H9BBr3F4N3. The highest BCUT2D eigenvalue weighted by Crippen LogP contribution is 2.32. The zero-order valence-electron chi connectivity index (χ0n) is 10.9. The highest BCUT2D eigenvalue weighted by Gasteiger charge is 2.25. The number of hydrogen-bond donors (Lipinski definition) is 0. The van der Waals surface area contributed by atoms with Gasteiger partial charge in [0.15, 0.2) is 5.69 Å². The summed E-state index contributed by atoms with van der Waals surface area (Å²) < 4.78 is 46.2. The lowest BCUT2D eigenvalue weighted by molar-refractivity contribution is -0.691. The smallest absolute Gasteiger partial charge is 0.418 e. The molecule has 0 bridgehead atoms. The van der Waals surface area contributed by atoms with Crippen LogP contribution in [0.2, 0.25) is 0 Å². The Balaban J connectivity index is 0.000000309. The Hall–Kier alpha value is -0.415. The number of aryl methyl sites for hydroxylation is 2. The first-order valence-electron chi connectivity index (χ1n) is 6.15. The summed E-state index contributed by atoms with van der Waals surface area (Å²) >= 11 is 10.6. The first-order chi connectivity index (χ1) is 10.1. The fraction of sp³-hybridized carbons (Fsp3) is 0.273. The second kappa shape index (κ2) is 7.00.